The maximum absolute atomic E-state index is 13.2. The first-order valence-electron chi connectivity index (χ1n) is 54.6. The van der Waals surface area contributed by atoms with E-state index in [0.717, 1.165) is 104 Å². The lowest BCUT2D eigenvalue weighted by Crippen LogP contribution is -2.59. The number of amides is 3. The number of hydrogen-bond acceptors (Lipinski definition) is 21. The Kier molecular flexibility index (Phi) is 55.7. The topological polar surface area (TPSA) is 316 Å². The van der Waals surface area contributed by atoms with Gasteiger partial charge in [-0.15, -0.1) is 15.3 Å². The molecule has 9 heterocycles. The molecule has 1 atom stereocenters. The average Bonchev–Trinajstić information content (AvgIpc) is 1.16. The van der Waals surface area contributed by atoms with Gasteiger partial charge in [-0.2, -0.15) is 15.3 Å². The van der Waals surface area contributed by atoms with E-state index >= 15 is 0 Å². The monoisotopic (exact) mass is 2040 g/mol. The summed E-state index contributed by atoms with van der Waals surface area (Å²) in [6, 6.07) is 11.7. The lowest BCUT2D eigenvalue weighted by atomic mass is 9.90. The Morgan fingerprint density at radius 3 is 0.838 bits per heavy atom. The SMILES string of the molecule is CC(C)CP(=O)(CC(C)(C)C)NC(C)C.CC(C)Cn1cc(CN(Cc2cn(CC(C)C)nn2)Cc2cn(CC(C)C)nn2)nn1.CC(C)N1CCC(N(C2CCN(C(C)C)CC2)C2CCN(C(C)C)CC2)CC1.CC(C)NC(=O)CCP(=O)(CCC(=O)NC(C)C)CCC(=O)NC(C)C.CC(C)P(=O)(C(C)C)C(C)C.CC(C)c1cc(CN(Cc2cc(C(C)C)nn2C)Cc2cc(C(C)C)nn2C)n(C)n1. The highest BCUT2D eigenvalue weighted by Gasteiger charge is 2.40. The fourth-order valence-electron chi connectivity index (χ4n) is 19.4. The van der Waals surface area contributed by atoms with Gasteiger partial charge in [-0.1, -0.05) is 175 Å². The summed E-state index contributed by atoms with van der Waals surface area (Å²) in [5.41, 5.74) is 11.0. The quantitative estimate of drug-likeness (QED) is 0.0258. The number of aryl methyl sites for hydroxylation is 3. The van der Waals surface area contributed by atoms with Crippen LogP contribution in [0.3, 0.4) is 0 Å². The molecule has 0 aromatic carbocycles. The fraction of sp³-hybridized carbons (Fsp3) is 0.833. The number of carbonyl (C=O) groups is 3. The second-order valence-corrected chi connectivity index (χ2v) is 58.8. The van der Waals surface area contributed by atoms with Gasteiger partial charge in [-0.25, -0.2) is 0 Å². The third-order valence-electron chi connectivity index (χ3n) is 26.3. The Bertz CT molecular complexity index is 4250. The number of rotatable bonds is 47. The summed E-state index contributed by atoms with van der Waals surface area (Å²) >= 11 is 0. The Morgan fingerprint density at radius 1 is 0.380 bits per heavy atom. The lowest BCUT2D eigenvalue weighted by molar-refractivity contribution is -0.121. The highest BCUT2D eigenvalue weighted by molar-refractivity contribution is 7.66. The van der Waals surface area contributed by atoms with Crippen LogP contribution in [0, 0.1) is 29.1 Å². The molecule has 9 rings (SSSR count). The van der Waals surface area contributed by atoms with Crippen molar-refractivity contribution in [3.63, 3.8) is 0 Å². The molecule has 6 aromatic heterocycles. The molecule has 0 saturated carbocycles. The molecule has 142 heavy (non-hydrogen) atoms. The van der Waals surface area contributed by atoms with Gasteiger partial charge >= 0.3 is 0 Å². The summed E-state index contributed by atoms with van der Waals surface area (Å²) in [5, 5.41) is 51.7. The van der Waals surface area contributed by atoms with E-state index in [1.807, 2.05) is 109 Å². The zero-order valence-corrected chi connectivity index (χ0v) is 99.9. The first-order chi connectivity index (χ1) is 66.0. The van der Waals surface area contributed by atoms with Crippen molar-refractivity contribution < 1.29 is 28.1 Å². The third kappa shape index (κ3) is 47.6. The molecule has 1 unspecified atom stereocenters. The minimum Gasteiger partial charge on any atom is -0.354 e. The lowest BCUT2D eigenvalue weighted by Gasteiger charge is -2.51. The first kappa shape index (κ1) is 128. The van der Waals surface area contributed by atoms with Gasteiger partial charge in [-0.05, 0) is 240 Å². The van der Waals surface area contributed by atoms with Gasteiger partial charge in [0.15, 0.2) is 0 Å². The smallest absolute Gasteiger partial charge is 0.220 e. The molecule has 816 valence electrons. The van der Waals surface area contributed by atoms with Crippen molar-refractivity contribution in [2.75, 3.05) is 70.1 Å². The van der Waals surface area contributed by atoms with Gasteiger partial charge in [0.05, 0.1) is 65.5 Å². The van der Waals surface area contributed by atoms with Crippen LogP contribution in [0.2, 0.25) is 0 Å². The number of likely N-dealkylation sites (tertiary alicyclic amines) is 3. The fourth-order valence-corrected chi connectivity index (χ4v) is 29.5. The van der Waals surface area contributed by atoms with E-state index in [0.29, 0.717) is 102 Å². The number of nitrogens with one attached hydrogen (secondary N) is 4. The molecule has 0 bridgehead atoms. The van der Waals surface area contributed by atoms with E-state index in [-0.39, 0.29) is 79.0 Å². The van der Waals surface area contributed by atoms with Crippen molar-refractivity contribution in [3.8, 4) is 0 Å². The molecule has 34 heteroatoms. The highest BCUT2D eigenvalue weighted by Crippen LogP contribution is 2.59. The number of piperidine rings is 3. The zero-order chi connectivity index (χ0) is 107. The van der Waals surface area contributed by atoms with Crippen molar-refractivity contribution >= 4 is 39.3 Å². The van der Waals surface area contributed by atoms with Gasteiger partial charge < -0.3 is 44.3 Å². The van der Waals surface area contributed by atoms with Crippen LogP contribution in [0.15, 0.2) is 36.8 Å². The molecule has 31 nitrogen and oxygen atoms in total. The van der Waals surface area contributed by atoms with Gasteiger partial charge in [0, 0.05) is 226 Å². The molecule has 3 saturated heterocycles. The van der Waals surface area contributed by atoms with Gasteiger partial charge in [0.2, 0.25) is 17.7 Å². The summed E-state index contributed by atoms with van der Waals surface area (Å²) in [7, 11) is -0.803. The van der Waals surface area contributed by atoms with Crippen LogP contribution < -0.4 is 21.0 Å². The van der Waals surface area contributed by atoms with Crippen molar-refractivity contribution in [2.45, 2.75) is 468 Å². The molecule has 0 aliphatic carbocycles. The van der Waals surface area contributed by atoms with Crippen LogP contribution in [0.5, 0.6) is 0 Å². The Labute approximate surface area is 863 Å². The van der Waals surface area contributed by atoms with Gasteiger partial charge in [0.1, 0.15) is 7.29 Å². The molecule has 4 N–H and O–H groups in total. The Balaban J connectivity index is 0.000000365. The van der Waals surface area contributed by atoms with Crippen LogP contribution in [0.25, 0.3) is 0 Å². The number of carbonyl (C=O) groups excluding carboxylic acids is 3. The van der Waals surface area contributed by atoms with Crippen molar-refractivity contribution in [2.24, 2.45) is 50.2 Å². The van der Waals surface area contributed by atoms with Crippen LogP contribution in [-0.2, 0) is 108 Å². The molecule has 3 aliphatic heterocycles. The van der Waals surface area contributed by atoms with Crippen LogP contribution in [-0.4, -0.2) is 269 Å². The van der Waals surface area contributed by atoms with Gasteiger partial charge in [0.25, 0.3) is 0 Å². The summed E-state index contributed by atoms with van der Waals surface area (Å²) in [5.74, 6) is 2.87. The van der Waals surface area contributed by atoms with Crippen LogP contribution in [0.1, 0.15) is 383 Å². The van der Waals surface area contributed by atoms with E-state index in [2.05, 4.69) is 314 Å². The second-order valence-electron chi connectivity index (χ2n) is 48.0. The molecule has 3 fully saturated rings. The largest absolute Gasteiger partial charge is 0.354 e. The molecule has 3 aliphatic rings. The molecule has 0 spiro atoms. The maximum atomic E-state index is 13.2. The highest BCUT2D eigenvalue weighted by atomic mass is 31.2. The third-order valence-corrected chi connectivity index (χ3v) is 38.1. The average molecular weight is 2050 g/mol. The minimum absolute atomic E-state index is 0.0236. The van der Waals surface area contributed by atoms with Gasteiger partial charge in [-0.3, -0.25) is 62.3 Å². The molecule has 3 amide bonds. The minimum atomic E-state index is -2.79. The predicted molar refractivity (Wildman–Crippen MR) is 592 cm³/mol. The Morgan fingerprint density at radius 2 is 0.641 bits per heavy atom. The first-order valence-corrected chi connectivity index (χ1v) is 60.8. The molecular formula is C108H208N25O6P3. The molecule has 0 radical (unpaired) electrons. The number of aromatic nitrogens is 15. The van der Waals surface area contributed by atoms with Crippen molar-refractivity contribution in [1.29, 1.82) is 0 Å². The normalized spacial score (nSPS) is 15.5. The molecule has 6 aromatic rings. The zero-order valence-electron chi connectivity index (χ0n) is 97.2. The summed E-state index contributed by atoms with van der Waals surface area (Å²) in [6.45, 7) is 93.7. The van der Waals surface area contributed by atoms with E-state index in [4.69, 9.17) is 15.3 Å². The second kappa shape index (κ2) is 61.7. The maximum Gasteiger partial charge on any atom is 0.220 e. The summed E-state index contributed by atoms with van der Waals surface area (Å²) in [4.78, 5) is 51.5. The number of hydrogen-bond donors (Lipinski definition) is 4. The van der Waals surface area contributed by atoms with Crippen LogP contribution in [0.4, 0.5) is 0 Å². The van der Waals surface area contributed by atoms with E-state index in [1.165, 1.54) is 94.9 Å². The number of nitrogens with zero attached hydrogens (tertiary/aromatic N) is 21. The molecular weight excluding hydrogens is 1840 g/mol. The van der Waals surface area contributed by atoms with E-state index in [1.54, 1.807) is 0 Å². The van der Waals surface area contributed by atoms with E-state index in [9.17, 15) is 28.1 Å². The summed E-state index contributed by atoms with van der Waals surface area (Å²) in [6.07, 6.45) is 17.1. The Hall–Kier alpha value is -6.13. The predicted octanol–water partition coefficient (Wildman–Crippen LogP) is 20.6. The summed E-state index contributed by atoms with van der Waals surface area (Å²) < 4.78 is 50.1. The van der Waals surface area contributed by atoms with Crippen molar-refractivity contribution in [3.05, 3.63) is 88.0 Å². The van der Waals surface area contributed by atoms with Crippen LogP contribution >= 0.6 is 21.6 Å². The van der Waals surface area contributed by atoms with E-state index < -0.39 is 21.6 Å². The standard InChI is InChI=1S/C24H39N7.C24H48N4.C21H36N10.C18H36N3O4P.C12H28NOP.C9H21OP/c1-16(2)22-10-19(28(7)25-22)13-31(14-20-11-23(17(3)4)26-29(20)8)15-21-12-24(18(5)6)27-30(21)9;1-19(2)25-13-7-22(8-14-25)28(23-9-15-26(16-10-23)20(3)4)24-11-17-27(18-12-24)21(5)6;1-16(2)7-29-13-19(22-25-29)10-28(11-20-14-30(26-23-20)8-17(3)4)12-21-15-31(27-24-21)9-18(5)6;1-13(2)19-16(22)7-10-26(25,11-8-17(23)20-14(3)4)12-9-18(24)21-15(5)6;1-10(2)8-15(14,13-11(3)4)9-12(5,6)7;1-7(2)11(10,8(3)4)9(5)6/h10-12,16-18H,13-15H2,1-9H3;19-24H,7-18H2,1-6H3;13-18H,7-12H2,1-6H3;13-15H,7-12H2,1-6H3,(H,19,22)(H,20,23)(H,21,24);10-11H,8-9H2,1-7H3,(H,13,14);7-9H,1-6H3. The van der Waals surface area contributed by atoms with Crippen molar-refractivity contribution in [1.82, 2.24) is 125 Å².